The highest BCUT2D eigenvalue weighted by Gasteiger charge is 2.32. The number of hydrogen-bond acceptors (Lipinski definition) is 6. The number of halogens is 4. The lowest BCUT2D eigenvalue weighted by molar-refractivity contribution is -0.274. The number of hydrogen-bond donors (Lipinski definition) is 0. The molecule has 4 rings (SSSR count). The quantitative estimate of drug-likeness (QED) is 0.499. The van der Waals surface area contributed by atoms with Crippen molar-refractivity contribution in [3.8, 4) is 11.8 Å². The lowest BCUT2D eigenvalue weighted by Gasteiger charge is -2.41. The van der Waals surface area contributed by atoms with Crippen LogP contribution in [0.4, 0.5) is 18.9 Å². The van der Waals surface area contributed by atoms with Gasteiger partial charge in [0, 0.05) is 45.3 Å². The van der Waals surface area contributed by atoms with Gasteiger partial charge in [-0.3, -0.25) is 9.69 Å². The van der Waals surface area contributed by atoms with E-state index in [0.29, 0.717) is 42.9 Å². The van der Waals surface area contributed by atoms with Gasteiger partial charge in [-0.15, -0.1) is 13.2 Å². The summed E-state index contributed by atoms with van der Waals surface area (Å²) in [6, 6.07) is 11.5. The van der Waals surface area contributed by atoms with E-state index in [1.807, 2.05) is 13.0 Å². The van der Waals surface area contributed by atoms with Gasteiger partial charge in [0.25, 0.3) is 5.56 Å². The van der Waals surface area contributed by atoms with E-state index in [-0.39, 0.29) is 27.5 Å². The number of fused-ring (bicyclic) bond motifs is 1. The smallest absolute Gasteiger partial charge is 0.405 e. The van der Waals surface area contributed by atoms with Gasteiger partial charge >= 0.3 is 6.36 Å². The molecule has 0 spiro atoms. The predicted molar refractivity (Wildman–Crippen MR) is 125 cm³/mol. The van der Waals surface area contributed by atoms with Crippen molar-refractivity contribution in [3.05, 3.63) is 62.5 Å². The lowest BCUT2D eigenvalue weighted by Crippen LogP contribution is -2.52. The maximum absolute atomic E-state index is 12.6. The Balaban J connectivity index is 1.53. The van der Waals surface area contributed by atoms with E-state index >= 15 is 0 Å². The summed E-state index contributed by atoms with van der Waals surface area (Å²) < 4.78 is 43.3. The molecule has 1 aliphatic rings. The van der Waals surface area contributed by atoms with Gasteiger partial charge in [-0.2, -0.15) is 5.26 Å². The van der Waals surface area contributed by atoms with Crippen LogP contribution in [0.2, 0.25) is 0 Å². The summed E-state index contributed by atoms with van der Waals surface area (Å²) >= 11 is 3.15. The zero-order chi connectivity index (χ0) is 24.6. The molecular weight excluding hydrogens is 515 g/mol. The number of benzene rings is 1. The van der Waals surface area contributed by atoms with Crippen LogP contribution in [0.5, 0.6) is 5.75 Å². The largest absolute Gasteiger partial charge is 0.573 e. The second-order valence-corrected chi connectivity index (χ2v) is 9.05. The minimum Gasteiger partial charge on any atom is -0.405 e. The molecule has 1 saturated heterocycles. The van der Waals surface area contributed by atoms with Crippen molar-refractivity contribution in [1.82, 2.24) is 14.5 Å². The summed E-state index contributed by atoms with van der Waals surface area (Å²) in [4.78, 5) is 21.3. The van der Waals surface area contributed by atoms with Crippen molar-refractivity contribution < 1.29 is 17.9 Å². The first kappa shape index (κ1) is 24.0. The number of alkyl halides is 3. The van der Waals surface area contributed by atoms with Crippen LogP contribution < -0.4 is 15.2 Å². The Labute approximate surface area is 202 Å². The van der Waals surface area contributed by atoms with Gasteiger partial charge in [0.2, 0.25) is 0 Å². The molecule has 0 unspecified atom stereocenters. The summed E-state index contributed by atoms with van der Waals surface area (Å²) in [5.41, 5.74) is 2.92. The number of pyridine rings is 2. The summed E-state index contributed by atoms with van der Waals surface area (Å²) in [6.45, 7) is 4.57. The van der Waals surface area contributed by atoms with Crippen molar-refractivity contribution in [2.75, 3.05) is 24.5 Å². The SMILES string of the molecule is C[C@H]1CN(Cc2ccc(OC(F)(F)F)c(Br)c2)CCN1c1cc(=O)n(C)c2ccc(C#N)nc12. The Morgan fingerprint density at radius 2 is 2.00 bits per heavy atom. The van der Waals surface area contributed by atoms with Gasteiger partial charge in [-0.25, -0.2) is 4.98 Å². The number of nitriles is 1. The van der Waals surface area contributed by atoms with Gasteiger partial charge in [0.1, 0.15) is 23.0 Å². The summed E-state index contributed by atoms with van der Waals surface area (Å²) in [5, 5.41) is 9.27. The molecule has 1 fully saturated rings. The first-order valence-corrected chi connectivity index (χ1v) is 11.3. The molecule has 3 heterocycles. The Bertz CT molecular complexity index is 1340. The van der Waals surface area contributed by atoms with Crippen LogP contribution in [0, 0.1) is 11.3 Å². The summed E-state index contributed by atoms with van der Waals surface area (Å²) in [6.07, 6.45) is -4.75. The van der Waals surface area contributed by atoms with Crippen LogP contribution in [-0.4, -0.2) is 46.5 Å². The molecule has 0 radical (unpaired) electrons. The van der Waals surface area contributed by atoms with Crippen LogP contribution in [0.1, 0.15) is 18.2 Å². The standard InChI is InChI=1S/C23H21BrF3N5O2/c1-14-12-31(13-15-3-6-20(17(24)9-15)34-23(25,26)27)7-8-32(14)19-10-21(33)30(2)18-5-4-16(11-28)29-22(18)19/h3-6,9-10,14H,7-8,12-13H2,1-2H3/t14-/m0/s1. The fraction of sp³-hybridized carbons (Fsp3) is 0.348. The van der Waals surface area contributed by atoms with Crippen LogP contribution in [0.3, 0.4) is 0 Å². The molecule has 1 aliphatic heterocycles. The first-order valence-electron chi connectivity index (χ1n) is 10.5. The monoisotopic (exact) mass is 535 g/mol. The highest BCUT2D eigenvalue weighted by atomic mass is 79.9. The van der Waals surface area contributed by atoms with Gasteiger partial charge < -0.3 is 14.2 Å². The third kappa shape index (κ3) is 5.03. The number of anilines is 1. The van der Waals surface area contributed by atoms with E-state index in [1.165, 1.54) is 10.6 Å². The Hall–Kier alpha value is -3.10. The third-order valence-corrected chi connectivity index (χ3v) is 6.45. The highest BCUT2D eigenvalue weighted by Crippen LogP contribution is 2.32. The van der Waals surface area contributed by atoms with E-state index < -0.39 is 6.36 Å². The van der Waals surface area contributed by atoms with Crippen molar-refractivity contribution in [3.63, 3.8) is 0 Å². The predicted octanol–water partition coefficient (Wildman–Crippen LogP) is 4.18. The van der Waals surface area contributed by atoms with E-state index in [4.69, 9.17) is 0 Å². The molecule has 2 aromatic heterocycles. The molecular formula is C23H21BrF3N5O2. The normalized spacial score (nSPS) is 17.1. The van der Waals surface area contributed by atoms with Crippen molar-refractivity contribution in [1.29, 1.82) is 5.26 Å². The summed E-state index contributed by atoms with van der Waals surface area (Å²) in [5.74, 6) is -0.281. The van der Waals surface area contributed by atoms with E-state index in [1.54, 1.807) is 37.4 Å². The van der Waals surface area contributed by atoms with Gasteiger partial charge in [-0.05, 0) is 52.7 Å². The molecule has 1 aromatic carbocycles. The summed E-state index contributed by atoms with van der Waals surface area (Å²) in [7, 11) is 1.67. The van der Waals surface area contributed by atoms with Gasteiger partial charge in [0.05, 0.1) is 15.7 Å². The zero-order valence-corrected chi connectivity index (χ0v) is 20.0. The number of ether oxygens (including phenoxy) is 1. The maximum atomic E-state index is 12.6. The average Bonchev–Trinajstić information content (AvgIpc) is 2.77. The van der Waals surface area contributed by atoms with Crippen molar-refractivity contribution >= 4 is 32.7 Å². The Morgan fingerprint density at radius 1 is 1.24 bits per heavy atom. The number of aryl methyl sites for hydroxylation is 1. The molecule has 34 heavy (non-hydrogen) atoms. The zero-order valence-electron chi connectivity index (χ0n) is 18.4. The van der Waals surface area contributed by atoms with Crippen LogP contribution in [-0.2, 0) is 13.6 Å². The molecule has 0 bridgehead atoms. The minimum atomic E-state index is -4.75. The molecule has 0 amide bonds. The number of nitrogens with zero attached hydrogens (tertiary/aromatic N) is 5. The highest BCUT2D eigenvalue weighted by molar-refractivity contribution is 9.10. The third-order valence-electron chi connectivity index (χ3n) is 5.83. The van der Waals surface area contributed by atoms with E-state index in [0.717, 1.165) is 5.56 Å². The van der Waals surface area contributed by atoms with E-state index in [9.17, 15) is 23.2 Å². The number of rotatable bonds is 4. The van der Waals surface area contributed by atoms with Crippen LogP contribution in [0.25, 0.3) is 11.0 Å². The minimum absolute atomic E-state index is 0.0351. The number of aromatic nitrogens is 2. The van der Waals surface area contributed by atoms with E-state index in [2.05, 4.69) is 35.5 Å². The first-order chi connectivity index (χ1) is 16.1. The molecule has 7 nitrogen and oxygen atoms in total. The topological polar surface area (TPSA) is 74.4 Å². The molecule has 0 saturated carbocycles. The molecule has 0 N–H and O–H groups in total. The average molecular weight is 536 g/mol. The van der Waals surface area contributed by atoms with Crippen molar-refractivity contribution in [2.45, 2.75) is 25.9 Å². The van der Waals surface area contributed by atoms with Crippen LogP contribution in [0.15, 0.2) is 45.7 Å². The number of piperazine rings is 1. The molecule has 3 aromatic rings. The molecule has 1 atom stereocenters. The van der Waals surface area contributed by atoms with Crippen molar-refractivity contribution in [2.24, 2.45) is 7.05 Å². The Morgan fingerprint density at radius 3 is 2.65 bits per heavy atom. The van der Waals surface area contributed by atoms with Crippen LogP contribution >= 0.6 is 15.9 Å². The fourth-order valence-corrected chi connectivity index (χ4v) is 4.74. The van der Waals surface area contributed by atoms with Gasteiger partial charge in [-0.1, -0.05) is 6.07 Å². The second kappa shape index (κ2) is 9.27. The molecule has 11 heteroatoms. The lowest BCUT2D eigenvalue weighted by atomic mass is 10.1. The molecule has 178 valence electrons. The molecule has 0 aliphatic carbocycles. The maximum Gasteiger partial charge on any atom is 0.573 e. The van der Waals surface area contributed by atoms with Gasteiger partial charge in [0.15, 0.2) is 0 Å². The fourth-order valence-electron chi connectivity index (χ4n) is 4.24. The second-order valence-electron chi connectivity index (χ2n) is 8.19. The Kier molecular flexibility index (Phi) is 6.55.